The van der Waals surface area contributed by atoms with E-state index in [4.69, 9.17) is 9.47 Å². The zero-order chi connectivity index (χ0) is 16.7. The molecule has 4 rings (SSSR count). The third kappa shape index (κ3) is 2.60. The van der Waals surface area contributed by atoms with Gasteiger partial charge in [0, 0.05) is 11.8 Å². The number of aryl methyl sites for hydroxylation is 1. The lowest BCUT2D eigenvalue weighted by Crippen LogP contribution is -2.56. The van der Waals surface area contributed by atoms with Crippen molar-refractivity contribution in [1.29, 1.82) is 0 Å². The molecule has 1 aliphatic carbocycles. The van der Waals surface area contributed by atoms with Crippen LogP contribution < -0.4 is 14.8 Å². The third-order valence-corrected chi connectivity index (χ3v) is 4.46. The van der Waals surface area contributed by atoms with Crippen LogP contribution in [-0.4, -0.2) is 46.2 Å². The SMILES string of the molecule is Cc1cnn([C@H]2[C@H](O)C[C@@H]2NC(=O)c2ccc3c(c2)OCCO3)c1. The molecule has 2 heterocycles. The van der Waals surface area contributed by atoms with Crippen LogP contribution in [0.3, 0.4) is 0 Å². The Labute approximate surface area is 139 Å². The predicted octanol–water partition coefficient (Wildman–Crippen LogP) is 1.07. The van der Waals surface area contributed by atoms with Crippen molar-refractivity contribution >= 4 is 5.91 Å². The summed E-state index contributed by atoms with van der Waals surface area (Å²) in [5, 5.41) is 17.3. The number of rotatable bonds is 3. The van der Waals surface area contributed by atoms with Crippen LogP contribution in [0.5, 0.6) is 11.5 Å². The van der Waals surface area contributed by atoms with Crippen LogP contribution in [0.2, 0.25) is 0 Å². The number of carbonyl (C=O) groups is 1. The number of fused-ring (bicyclic) bond motifs is 1. The number of hydrogen-bond acceptors (Lipinski definition) is 5. The number of benzene rings is 1. The van der Waals surface area contributed by atoms with Gasteiger partial charge in [-0.1, -0.05) is 0 Å². The van der Waals surface area contributed by atoms with Crippen LogP contribution in [0.4, 0.5) is 0 Å². The lowest BCUT2D eigenvalue weighted by molar-refractivity contribution is -0.00590. The quantitative estimate of drug-likeness (QED) is 0.880. The predicted molar refractivity (Wildman–Crippen MR) is 85.3 cm³/mol. The molecule has 7 nitrogen and oxygen atoms in total. The van der Waals surface area contributed by atoms with E-state index in [1.54, 1.807) is 29.1 Å². The zero-order valence-corrected chi connectivity index (χ0v) is 13.3. The summed E-state index contributed by atoms with van der Waals surface area (Å²) in [4.78, 5) is 12.5. The van der Waals surface area contributed by atoms with Gasteiger partial charge in [-0.25, -0.2) is 0 Å². The first-order valence-electron chi connectivity index (χ1n) is 8.01. The van der Waals surface area contributed by atoms with Gasteiger partial charge in [-0.2, -0.15) is 5.10 Å². The molecule has 1 amide bonds. The maximum Gasteiger partial charge on any atom is 0.251 e. The Morgan fingerprint density at radius 1 is 1.33 bits per heavy atom. The minimum Gasteiger partial charge on any atom is -0.486 e. The van der Waals surface area contributed by atoms with E-state index in [2.05, 4.69) is 10.4 Å². The van der Waals surface area contributed by atoms with E-state index < -0.39 is 6.10 Å². The number of carbonyl (C=O) groups excluding carboxylic acids is 1. The molecule has 0 spiro atoms. The highest BCUT2D eigenvalue weighted by Gasteiger charge is 2.42. The summed E-state index contributed by atoms with van der Waals surface area (Å²) >= 11 is 0. The minimum atomic E-state index is -0.505. The molecule has 2 N–H and O–H groups in total. The van der Waals surface area contributed by atoms with Crippen LogP contribution >= 0.6 is 0 Å². The summed E-state index contributed by atoms with van der Waals surface area (Å²) in [7, 11) is 0. The minimum absolute atomic E-state index is 0.153. The van der Waals surface area contributed by atoms with E-state index >= 15 is 0 Å². The maximum atomic E-state index is 12.5. The average Bonchev–Trinajstić information content (AvgIpc) is 2.99. The molecule has 0 unspecified atom stereocenters. The monoisotopic (exact) mass is 329 g/mol. The number of nitrogens with zero attached hydrogens (tertiary/aromatic N) is 2. The van der Waals surface area contributed by atoms with Crippen molar-refractivity contribution in [2.75, 3.05) is 13.2 Å². The lowest BCUT2D eigenvalue weighted by Gasteiger charge is -2.41. The van der Waals surface area contributed by atoms with E-state index in [-0.39, 0.29) is 18.0 Å². The molecule has 0 saturated heterocycles. The van der Waals surface area contributed by atoms with Crippen molar-refractivity contribution in [3.05, 3.63) is 41.7 Å². The molecule has 1 fully saturated rings. The molecule has 2 aromatic rings. The Morgan fingerprint density at radius 3 is 2.83 bits per heavy atom. The standard InChI is InChI=1S/C17H19N3O4/c1-10-8-18-20(9-10)16-12(7-13(16)21)19-17(22)11-2-3-14-15(6-11)24-5-4-23-14/h2-3,6,8-9,12-13,16,21H,4-5,7H2,1H3,(H,19,22)/t12-,13+,16+/m0/s1. The largest absolute Gasteiger partial charge is 0.486 e. The van der Waals surface area contributed by atoms with Crippen molar-refractivity contribution in [3.8, 4) is 11.5 Å². The third-order valence-electron chi connectivity index (χ3n) is 4.46. The molecule has 2 aliphatic rings. The number of aliphatic hydroxyl groups is 1. The van der Waals surface area contributed by atoms with Gasteiger partial charge in [-0.3, -0.25) is 9.48 Å². The highest BCUT2D eigenvalue weighted by molar-refractivity contribution is 5.95. The first-order chi connectivity index (χ1) is 11.6. The van der Waals surface area contributed by atoms with E-state index in [0.29, 0.717) is 36.7 Å². The number of hydrogen-bond donors (Lipinski definition) is 2. The van der Waals surface area contributed by atoms with Crippen LogP contribution in [0, 0.1) is 6.92 Å². The fourth-order valence-electron chi connectivity index (χ4n) is 3.15. The van der Waals surface area contributed by atoms with E-state index in [0.717, 1.165) is 5.56 Å². The highest BCUT2D eigenvalue weighted by atomic mass is 16.6. The summed E-state index contributed by atoms with van der Waals surface area (Å²) in [6.07, 6.45) is 3.62. The van der Waals surface area contributed by atoms with Crippen LogP contribution in [0.1, 0.15) is 28.4 Å². The maximum absolute atomic E-state index is 12.5. The van der Waals surface area contributed by atoms with Gasteiger partial charge in [0.2, 0.25) is 0 Å². The van der Waals surface area contributed by atoms with Gasteiger partial charge in [-0.05, 0) is 37.1 Å². The van der Waals surface area contributed by atoms with Crippen LogP contribution in [0.25, 0.3) is 0 Å². The number of aromatic nitrogens is 2. The van der Waals surface area contributed by atoms with Crippen molar-refractivity contribution in [2.24, 2.45) is 0 Å². The van der Waals surface area contributed by atoms with Gasteiger partial charge in [0.05, 0.1) is 24.4 Å². The van der Waals surface area contributed by atoms with Gasteiger partial charge < -0.3 is 19.9 Å². The van der Waals surface area contributed by atoms with Gasteiger partial charge >= 0.3 is 0 Å². The zero-order valence-electron chi connectivity index (χ0n) is 13.3. The highest BCUT2D eigenvalue weighted by Crippen LogP contribution is 2.34. The summed E-state index contributed by atoms with van der Waals surface area (Å²) in [6, 6.07) is 4.75. The Bertz CT molecular complexity index is 773. The molecule has 0 radical (unpaired) electrons. The van der Waals surface area contributed by atoms with E-state index in [1.807, 2.05) is 13.1 Å². The normalized spacial score (nSPS) is 25.0. The van der Waals surface area contributed by atoms with Crippen molar-refractivity contribution in [1.82, 2.24) is 15.1 Å². The smallest absolute Gasteiger partial charge is 0.251 e. The first kappa shape index (κ1) is 15.0. The second-order valence-corrected chi connectivity index (χ2v) is 6.23. The van der Waals surface area contributed by atoms with Gasteiger partial charge in [0.25, 0.3) is 5.91 Å². The fraction of sp³-hybridized carbons (Fsp3) is 0.412. The van der Waals surface area contributed by atoms with Crippen molar-refractivity contribution in [3.63, 3.8) is 0 Å². The Morgan fingerprint density at radius 2 is 2.12 bits per heavy atom. The second kappa shape index (κ2) is 5.83. The topological polar surface area (TPSA) is 85.6 Å². The molecule has 1 aliphatic heterocycles. The molecule has 3 atom stereocenters. The number of amides is 1. The molecule has 1 aromatic heterocycles. The Balaban J connectivity index is 1.48. The number of nitrogens with one attached hydrogen (secondary N) is 1. The summed E-state index contributed by atoms with van der Waals surface area (Å²) in [5.74, 6) is 1.04. The molecule has 1 saturated carbocycles. The first-order valence-corrected chi connectivity index (χ1v) is 8.01. The fourth-order valence-corrected chi connectivity index (χ4v) is 3.15. The summed E-state index contributed by atoms with van der Waals surface area (Å²) < 4.78 is 12.7. The van der Waals surface area contributed by atoms with Gasteiger partial charge in [-0.15, -0.1) is 0 Å². The van der Waals surface area contributed by atoms with E-state index in [1.165, 1.54) is 0 Å². The molecule has 24 heavy (non-hydrogen) atoms. The Hall–Kier alpha value is -2.54. The molecular weight excluding hydrogens is 310 g/mol. The Kier molecular flexibility index (Phi) is 3.65. The van der Waals surface area contributed by atoms with E-state index in [9.17, 15) is 9.90 Å². The summed E-state index contributed by atoms with van der Waals surface area (Å²) in [5.41, 5.74) is 1.53. The summed E-state index contributed by atoms with van der Waals surface area (Å²) in [6.45, 7) is 2.94. The molecule has 7 heteroatoms. The van der Waals surface area contributed by atoms with Crippen LogP contribution in [-0.2, 0) is 0 Å². The molecule has 1 aromatic carbocycles. The lowest BCUT2D eigenvalue weighted by atomic mass is 9.83. The molecule has 126 valence electrons. The second-order valence-electron chi connectivity index (χ2n) is 6.23. The average molecular weight is 329 g/mol. The van der Waals surface area contributed by atoms with Crippen LogP contribution in [0.15, 0.2) is 30.6 Å². The number of aliphatic hydroxyl groups excluding tert-OH is 1. The van der Waals surface area contributed by atoms with Crippen molar-refractivity contribution in [2.45, 2.75) is 31.5 Å². The van der Waals surface area contributed by atoms with Crippen molar-refractivity contribution < 1.29 is 19.4 Å². The van der Waals surface area contributed by atoms with Gasteiger partial charge in [0.15, 0.2) is 11.5 Å². The molecular formula is C17H19N3O4. The molecule has 0 bridgehead atoms. The van der Waals surface area contributed by atoms with Gasteiger partial charge in [0.1, 0.15) is 13.2 Å². The number of ether oxygens (including phenoxy) is 2.